The molecule has 6 aromatic rings. The maximum Gasteiger partial charge on any atom is 0.216 e. The number of benzene rings is 3. The SMILES string of the molecule is CC(=O)NCCNCc1ccc2cnn(Cc3cccc(-c4cccc(Cn5ncc6ccc(CNCCNC(C)=O)nc65)c4C)c3C)c2c1. The Kier molecular flexibility index (Phi) is 10.9. The highest BCUT2D eigenvalue weighted by atomic mass is 16.2. The normalized spacial score (nSPS) is 11.4. The van der Waals surface area contributed by atoms with Crippen LogP contribution in [-0.2, 0) is 35.8 Å². The lowest BCUT2D eigenvalue weighted by Gasteiger charge is -2.17. The lowest BCUT2D eigenvalue weighted by Crippen LogP contribution is -2.30. The number of carbonyl (C=O) groups is 2. The van der Waals surface area contributed by atoms with Crippen LogP contribution in [-0.4, -0.2) is 62.5 Å². The topological polar surface area (TPSA) is 131 Å². The Morgan fingerprint density at radius 1 is 0.660 bits per heavy atom. The number of hydrogen-bond donors (Lipinski definition) is 4. The van der Waals surface area contributed by atoms with Crippen LogP contribution in [0.15, 0.2) is 79.1 Å². The van der Waals surface area contributed by atoms with Gasteiger partial charge in [-0.3, -0.25) is 14.3 Å². The van der Waals surface area contributed by atoms with Crippen molar-refractivity contribution in [3.63, 3.8) is 0 Å². The van der Waals surface area contributed by atoms with Crippen LogP contribution >= 0.6 is 0 Å². The third-order valence-electron chi connectivity index (χ3n) is 9.06. The van der Waals surface area contributed by atoms with Gasteiger partial charge in [0, 0.05) is 63.9 Å². The zero-order valence-corrected chi connectivity index (χ0v) is 29.2. The first-order chi connectivity index (χ1) is 24.3. The van der Waals surface area contributed by atoms with Crippen molar-refractivity contribution in [3.05, 3.63) is 113 Å². The summed E-state index contributed by atoms with van der Waals surface area (Å²) in [5.74, 6) is -0.0478. The van der Waals surface area contributed by atoms with E-state index in [1.54, 1.807) is 0 Å². The Hall–Kier alpha value is -5.39. The van der Waals surface area contributed by atoms with Crippen molar-refractivity contribution in [2.75, 3.05) is 26.2 Å². The lowest BCUT2D eigenvalue weighted by atomic mass is 9.91. The smallest absolute Gasteiger partial charge is 0.216 e. The molecule has 0 unspecified atom stereocenters. The summed E-state index contributed by atoms with van der Waals surface area (Å²) in [6, 6.07) is 23.5. The molecule has 0 spiro atoms. The Morgan fingerprint density at radius 2 is 1.24 bits per heavy atom. The van der Waals surface area contributed by atoms with Crippen molar-refractivity contribution in [2.45, 2.75) is 53.9 Å². The van der Waals surface area contributed by atoms with Gasteiger partial charge in [-0.25, -0.2) is 9.67 Å². The fourth-order valence-corrected chi connectivity index (χ4v) is 6.28. The minimum atomic E-state index is -0.0306. The van der Waals surface area contributed by atoms with E-state index in [0.29, 0.717) is 52.4 Å². The molecule has 0 bridgehead atoms. The molecule has 6 rings (SSSR count). The molecule has 0 aliphatic heterocycles. The standard InChI is InChI=1S/C39H45N9O2/c1-26-33(24-47-38-19-30(11-12-31(38)21-44-47)20-40-15-17-42-28(3)49)7-5-9-36(26)37-10-6-8-34(27(37)2)25-48-39-32(22-45-48)13-14-35(46-39)23-41-16-18-43-29(4)50/h5-14,19,21-22,40-41H,15-18,20,23-25H2,1-4H3,(H,42,49)(H,43,50). The predicted octanol–water partition coefficient (Wildman–Crippen LogP) is 4.61. The van der Waals surface area contributed by atoms with Gasteiger partial charge in [0.05, 0.1) is 36.7 Å². The van der Waals surface area contributed by atoms with Crippen LogP contribution in [0, 0.1) is 13.8 Å². The first-order valence-electron chi connectivity index (χ1n) is 17.1. The Morgan fingerprint density at radius 3 is 1.90 bits per heavy atom. The van der Waals surface area contributed by atoms with Crippen LogP contribution in [0.1, 0.15) is 47.4 Å². The van der Waals surface area contributed by atoms with Crippen LogP contribution in [0.2, 0.25) is 0 Å². The fraction of sp³-hybridized carbons (Fsp3) is 0.308. The van der Waals surface area contributed by atoms with Crippen LogP contribution in [0.3, 0.4) is 0 Å². The number of pyridine rings is 1. The second-order valence-electron chi connectivity index (χ2n) is 12.7. The molecular formula is C39H45N9O2. The van der Waals surface area contributed by atoms with Crippen LogP contribution in [0.5, 0.6) is 0 Å². The van der Waals surface area contributed by atoms with E-state index in [1.807, 2.05) is 23.1 Å². The van der Waals surface area contributed by atoms with Crippen LogP contribution < -0.4 is 21.3 Å². The monoisotopic (exact) mass is 671 g/mol. The van der Waals surface area contributed by atoms with E-state index in [9.17, 15) is 9.59 Å². The molecule has 50 heavy (non-hydrogen) atoms. The summed E-state index contributed by atoms with van der Waals surface area (Å²) in [6.45, 7) is 12.6. The number of nitrogens with zero attached hydrogens (tertiary/aromatic N) is 5. The summed E-state index contributed by atoms with van der Waals surface area (Å²) < 4.78 is 4.05. The number of rotatable bonds is 15. The molecule has 0 aliphatic rings. The van der Waals surface area contributed by atoms with Gasteiger partial charge in [0.1, 0.15) is 0 Å². The molecule has 0 aliphatic carbocycles. The maximum atomic E-state index is 11.1. The summed E-state index contributed by atoms with van der Waals surface area (Å²) in [5, 5.41) is 23.9. The van der Waals surface area contributed by atoms with Gasteiger partial charge in [-0.05, 0) is 71.0 Å². The zero-order valence-electron chi connectivity index (χ0n) is 29.2. The number of amides is 2. The number of fused-ring (bicyclic) bond motifs is 2. The molecule has 0 saturated carbocycles. The summed E-state index contributed by atoms with van der Waals surface area (Å²) in [6.07, 6.45) is 3.80. The Balaban J connectivity index is 1.18. The number of aromatic nitrogens is 5. The molecule has 0 fully saturated rings. The first-order valence-corrected chi connectivity index (χ1v) is 17.1. The third-order valence-corrected chi connectivity index (χ3v) is 9.06. The molecule has 4 N–H and O–H groups in total. The van der Waals surface area contributed by atoms with Gasteiger partial charge < -0.3 is 21.3 Å². The highest BCUT2D eigenvalue weighted by Crippen LogP contribution is 2.31. The average molecular weight is 672 g/mol. The summed E-state index contributed by atoms with van der Waals surface area (Å²) in [5.41, 5.74) is 11.3. The molecular weight excluding hydrogens is 626 g/mol. The van der Waals surface area contributed by atoms with Crippen LogP contribution in [0.25, 0.3) is 33.1 Å². The molecule has 0 saturated heterocycles. The molecule has 0 atom stereocenters. The van der Waals surface area contributed by atoms with Crippen molar-refractivity contribution in [1.82, 2.24) is 45.8 Å². The van der Waals surface area contributed by atoms with E-state index >= 15 is 0 Å². The molecule has 3 heterocycles. The minimum Gasteiger partial charge on any atom is -0.355 e. The van der Waals surface area contributed by atoms with Gasteiger partial charge in [-0.2, -0.15) is 10.2 Å². The van der Waals surface area contributed by atoms with Gasteiger partial charge in [0.25, 0.3) is 0 Å². The highest BCUT2D eigenvalue weighted by Gasteiger charge is 2.14. The third kappa shape index (κ3) is 8.24. The van der Waals surface area contributed by atoms with E-state index in [1.165, 1.54) is 52.8 Å². The van der Waals surface area contributed by atoms with Gasteiger partial charge in [-0.15, -0.1) is 0 Å². The maximum absolute atomic E-state index is 11.1. The van der Waals surface area contributed by atoms with Crippen molar-refractivity contribution < 1.29 is 9.59 Å². The first kappa shape index (κ1) is 34.5. The lowest BCUT2D eigenvalue weighted by molar-refractivity contribution is -0.119. The van der Waals surface area contributed by atoms with Gasteiger partial charge in [0.2, 0.25) is 11.8 Å². The van der Waals surface area contributed by atoms with E-state index in [2.05, 4.69) is 100 Å². The summed E-state index contributed by atoms with van der Waals surface area (Å²) in [4.78, 5) is 27.2. The number of nitrogens with one attached hydrogen (secondary N) is 4. The van der Waals surface area contributed by atoms with Gasteiger partial charge in [-0.1, -0.05) is 48.5 Å². The van der Waals surface area contributed by atoms with Crippen molar-refractivity contribution in [2.24, 2.45) is 0 Å². The van der Waals surface area contributed by atoms with E-state index in [-0.39, 0.29) is 11.8 Å². The molecule has 11 heteroatoms. The van der Waals surface area contributed by atoms with Crippen molar-refractivity contribution in [1.29, 1.82) is 0 Å². The second kappa shape index (κ2) is 15.9. The summed E-state index contributed by atoms with van der Waals surface area (Å²) >= 11 is 0. The number of carbonyl (C=O) groups excluding carboxylic acids is 2. The van der Waals surface area contributed by atoms with Crippen molar-refractivity contribution >= 4 is 33.8 Å². The van der Waals surface area contributed by atoms with Gasteiger partial charge in [0.15, 0.2) is 5.65 Å². The predicted molar refractivity (Wildman–Crippen MR) is 198 cm³/mol. The quantitative estimate of drug-likeness (QED) is 0.117. The van der Waals surface area contributed by atoms with Gasteiger partial charge >= 0.3 is 0 Å². The Bertz CT molecular complexity index is 1980. The molecule has 3 aromatic heterocycles. The fourth-order valence-electron chi connectivity index (χ4n) is 6.28. The largest absolute Gasteiger partial charge is 0.355 e. The second-order valence-corrected chi connectivity index (χ2v) is 12.7. The van der Waals surface area contributed by atoms with E-state index < -0.39 is 0 Å². The molecule has 11 nitrogen and oxygen atoms in total. The minimum absolute atomic E-state index is 0.0172. The average Bonchev–Trinajstić information content (AvgIpc) is 3.69. The van der Waals surface area contributed by atoms with Crippen molar-refractivity contribution in [3.8, 4) is 11.1 Å². The van der Waals surface area contributed by atoms with E-state index in [4.69, 9.17) is 15.2 Å². The summed E-state index contributed by atoms with van der Waals surface area (Å²) in [7, 11) is 0. The van der Waals surface area contributed by atoms with Crippen LogP contribution in [0.4, 0.5) is 0 Å². The zero-order chi connectivity index (χ0) is 35.0. The number of hydrogen-bond acceptors (Lipinski definition) is 7. The molecule has 3 aromatic carbocycles. The molecule has 2 amide bonds. The highest BCUT2D eigenvalue weighted by molar-refractivity contribution is 5.80. The van der Waals surface area contributed by atoms with E-state index in [0.717, 1.165) is 27.6 Å². The molecule has 258 valence electrons. The molecule has 0 radical (unpaired) electrons. The Labute approximate surface area is 292 Å².